The van der Waals surface area contributed by atoms with Crippen molar-refractivity contribution in [2.45, 2.75) is 34.1 Å². The molecule has 31 heavy (non-hydrogen) atoms. The van der Waals surface area contributed by atoms with E-state index in [1.165, 1.54) is 0 Å². The summed E-state index contributed by atoms with van der Waals surface area (Å²) in [5.41, 5.74) is 3.32. The Balaban J connectivity index is 0.000000512. The highest BCUT2D eigenvalue weighted by Crippen LogP contribution is 2.30. The molecule has 0 bridgehead atoms. The van der Waals surface area contributed by atoms with Gasteiger partial charge in [-0.1, -0.05) is 55.3 Å². The van der Waals surface area contributed by atoms with E-state index >= 15 is 0 Å². The zero-order valence-corrected chi connectivity index (χ0v) is 20.0. The van der Waals surface area contributed by atoms with Crippen LogP contribution in [0.25, 0.3) is 0 Å². The number of hydrogen-bond donors (Lipinski definition) is 0. The van der Waals surface area contributed by atoms with Crippen molar-refractivity contribution in [2.24, 2.45) is 10.4 Å². The van der Waals surface area contributed by atoms with E-state index in [9.17, 15) is 4.79 Å². The molecule has 1 aliphatic rings. The van der Waals surface area contributed by atoms with Gasteiger partial charge in [0.25, 0.3) is 0 Å². The zero-order chi connectivity index (χ0) is 23.4. The SMILES string of the molecule is C#CC(C)(C)COC.C=C/C=C(\C=C/C)C1=NCC(=O)N(CCC)c2ccc(Cl)cc21. The summed E-state index contributed by atoms with van der Waals surface area (Å²) in [7, 11) is 1.65. The largest absolute Gasteiger partial charge is 0.383 e. The minimum absolute atomic E-state index is 0.00357. The predicted molar refractivity (Wildman–Crippen MR) is 133 cm³/mol. The molecule has 1 aliphatic heterocycles. The fourth-order valence-electron chi connectivity index (χ4n) is 3.02. The van der Waals surface area contributed by atoms with Gasteiger partial charge in [-0.2, -0.15) is 0 Å². The van der Waals surface area contributed by atoms with E-state index in [0.29, 0.717) is 18.2 Å². The van der Waals surface area contributed by atoms with Gasteiger partial charge in [-0.25, -0.2) is 0 Å². The first-order valence-corrected chi connectivity index (χ1v) is 10.7. The van der Waals surface area contributed by atoms with Gasteiger partial charge in [0.15, 0.2) is 0 Å². The number of carbonyl (C=O) groups excluding carboxylic acids is 1. The third-order valence-corrected chi connectivity index (χ3v) is 4.67. The maximum Gasteiger partial charge on any atom is 0.248 e. The molecule has 0 radical (unpaired) electrons. The number of carbonyl (C=O) groups is 1. The van der Waals surface area contributed by atoms with Crippen molar-refractivity contribution in [2.75, 3.05) is 31.7 Å². The van der Waals surface area contributed by atoms with Gasteiger partial charge >= 0.3 is 0 Å². The highest BCUT2D eigenvalue weighted by molar-refractivity contribution is 6.32. The number of methoxy groups -OCH3 is 1. The van der Waals surface area contributed by atoms with Gasteiger partial charge in [-0.05, 0) is 45.4 Å². The van der Waals surface area contributed by atoms with Crippen LogP contribution in [0.4, 0.5) is 5.69 Å². The van der Waals surface area contributed by atoms with Gasteiger partial charge in [0, 0.05) is 35.2 Å². The molecular formula is C26H33ClN2O2. The highest BCUT2D eigenvalue weighted by Gasteiger charge is 2.25. The number of nitrogens with zero attached hydrogens (tertiary/aromatic N) is 2. The van der Waals surface area contributed by atoms with Gasteiger partial charge < -0.3 is 9.64 Å². The lowest BCUT2D eigenvalue weighted by Gasteiger charge is -2.22. The number of allylic oxidation sites excluding steroid dienone is 5. The first-order valence-electron chi connectivity index (χ1n) is 10.3. The average Bonchev–Trinajstić information content (AvgIpc) is 2.85. The molecule has 2 rings (SSSR count). The monoisotopic (exact) mass is 440 g/mol. The summed E-state index contributed by atoms with van der Waals surface area (Å²) >= 11 is 6.20. The summed E-state index contributed by atoms with van der Waals surface area (Å²) < 4.78 is 4.86. The fraction of sp³-hybridized carbons (Fsp3) is 0.385. The normalized spacial score (nSPS) is 14.2. The average molecular weight is 441 g/mol. The predicted octanol–water partition coefficient (Wildman–Crippen LogP) is 5.87. The molecule has 0 N–H and O–H groups in total. The Morgan fingerprint density at radius 3 is 2.68 bits per heavy atom. The van der Waals surface area contributed by atoms with E-state index in [2.05, 4.69) is 24.4 Å². The van der Waals surface area contributed by atoms with Gasteiger partial charge in [0.1, 0.15) is 6.54 Å². The van der Waals surface area contributed by atoms with Gasteiger partial charge in [0.2, 0.25) is 5.91 Å². The minimum Gasteiger partial charge on any atom is -0.383 e. The minimum atomic E-state index is -0.102. The van der Waals surface area contributed by atoms with Crippen LogP contribution < -0.4 is 4.90 Å². The van der Waals surface area contributed by atoms with Crippen LogP contribution in [0.15, 0.2) is 59.6 Å². The van der Waals surface area contributed by atoms with Crippen LogP contribution in [0.1, 0.15) is 39.7 Å². The van der Waals surface area contributed by atoms with E-state index in [4.69, 9.17) is 22.8 Å². The molecule has 1 aromatic rings. The summed E-state index contributed by atoms with van der Waals surface area (Å²) in [6.45, 7) is 13.1. The van der Waals surface area contributed by atoms with Crippen molar-refractivity contribution in [3.05, 3.63) is 65.2 Å². The number of hydrogen-bond acceptors (Lipinski definition) is 3. The van der Waals surface area contributed by atoms with Crippen LogP contribution >= 0.6 is 11.6 Å². The first kappa shape index (κ1) is 26.4. The second kappa shape index (κ2) is 12.9. The molecule has 0 aromatic heterocycles. The van der Waals surface area contributed by atoms with Crippen molar-refractivity contribution in [3.8, 4) is 12.3 Å². The van der Waals surface area contributed by atoms with Crippen molar-refractivity contribution in [3.63, 3.8) is 0 Å². The second-order valence-corrected chi connectivity index (χ2v) is 8.13. The lowest BCUT2D eigenvalue weighted by Crippen LogP contribution is -2.33. The maximum atomic E-state index is 12.5. The first-order chi connectivity index (χ1) is 14.7. The quantitative estimate of drug-likeness (QED) is 0.393. The Hall–Kier alpha value is -2.61. The van der Waals surface area contributed by atoms with Crippen LogP contribution in [-0.4, -0.2) is 38.4 Å². The molecule has 0 spiro atoms. The van der Waals surface area contributed by atoms with E-state index in [1.807, 2.05) is 57.2 Å². The van der Waals surface area contributed by atoms with Crippen molar-refractivity contribution in [1.29, 1.82) is 0 Å². The number of benzodiazepines with no additional fused rings is 1. The number of terminal acetylenes is 1. The van der Waals surface area contributed by atoms with Crippen LogP contribution in [0.5, 0.6) is 0 Å². The number of ether oxygens (including phenoxy) is 1. The van der Waals surface area contributed by atoms with Crippen LogP contribution in [0, 0.1) is 17.8 Å². The number of amides is 1. The molecule has 1 aromatic carbocycles. The summed E-state index contributed by atoms with van der Waals surface area (Å²) in [5.74, 6) is 2.62. The number of aliphatic imine (C=N–C) groups is 1. The number of rotatable bonds is 7. The van der Waals surface area contributed by atoms with E-state index < -0.39 is 0 Å². The zero-order valence-electron chi connectivity index (χ0n) is 19.2. The summed E-state index contributed by atoms with van der Waals surface area (Å²) in [4.78, 5) is 18.8. The van der Waals surface area contributed by atoms with Crippen LogP contribution in [0.2, 0.25) is 5.02 Å². The topological polar surface area (TPSA) is 41.9 Å². The van der Waals surface area contributed by atoms with Crippen LogP contribution in [-0.2, 0) is 9.53 Å². The Morgan fingerprint density at radius 1 is 1.45 bits per heavy atom. The Morgan fingerprint density at radius 2 is 2.16 bits per heavy atom. The number of halogens is 1. The van der Waals surface area contributed by atoms with E-state index in [0.717, 1.165) is 29.0 Å². The lowest BCUT2D eigenvalue weighted by molar-refractivity contribution is -0.117. The van der Waals surface area contributed by atoms with Crippen molar-refractivity contribution in [1.82, 2.24) is 0 Å². The Bertz CT molecular complexity index is 904. The Labute approximate surface area is 192 Å². The summed E-state index contributed by atoms with van der Waals surface area (Å²) in [6.07, 6.45) is 13.6. The summed E-state index contributed by atoms with van der Waals surface area (Å²) in [6, 6.07) is 5.58. The Kier molecular flexibility index (Phi) is 11.0. The maximum absolute atomic E-state index is 12.5. The number of benzene rings is 1. The molecule has 1 heterocycles. The van der Waals surface area contributed by atoms with E-state index in [1.54, 1.807) is 18.1 Å². The number of fused-ring (bicyclic) bond motifs is 1. The molecule has 0 saturated carbocycles. The molecule has 0 aliphatic carbocycles. The third-order valence-electron chi connectivity index (χ3n) is 4.44. The molecule has 0 saturated heterocycles. The van der Waals surface area contributed by atoms with Gasteiger partial charge in [-0.3, -0.25) is 9.79 Å². The number of anilines is 1. The molecule has 5 heteroatoms. The van der Waals surface area contributed by atoms with Crippen molar-refractivity contribution >= 4 is 28.9 Å². The molecule has 0 atom stereocenters. The van der Waals surface area contributed by atoms with Crippen LogP contribution in [0.3, 0.4) is 0 Å². The standard InChI is InChI=1S/C19H21ClN2O.C7H12O/c1-4-7-14(8-5-2)19-16-12-15(20)9-10-17(16)22(11-6-3)18(23)13-21-19;1-5-7(2,3)6-8-4/h4-5,7-10,12H,1,6,11,13H2,2-3H3;1H,6H2,2-4H3/b8-5-,14-7+;. The van der Waals surface area contributed by atoms with Gasteiger partial charge in [-0.15, -0.1) is 6.42 Å². The summed E-state index contributed by atoms with van der Waals surface area (Å²) in [5, 5.41) is 0.626. The molecule has 4 nitrogen and oxygen atoms in total. The smallest absolute Gasteiger partial charge is 0.248 e. The van der Waals surface area contributed by atoms with Crippen molar-refractivity contribution < 1.29 is 9.53 Å². The fourth-order valence-corrected chi connectivity index (χ4v) is 3.19. The lowest BCUT2D eigenvalue weighted by atomic mass is 9.97. The molecule has 0 fully saturated rings. The molecule has 0 unspecified atom stereocenters. The second-order valence-electron chi connectivity index (χ2n) is 7.69. The molecule has 166 valence electrons. The van der Waals surface area contributed by atoms with Gasteiger partial charge in [0.05, 0.1) is 18.0 Å². The molecule has 1 amide bonds. The molecular weight excluding hydrogens is 408 g/mol. The van der Waals surface area contributed by atoms with E-state index in [-0.39, 0.29) is 17.9 Å². The highest BCUT2D eigenvalue weighted by atomic mass is 35.5. The third kappa shape index (κ3) is 7.86.